The third-order valence-electron chi connectivity index (χ3n) is 6.26. The van der Waals surface area contributed by atoms with Crippen molar-refractivity contribution >= 4 is 28.7 Å². The van der Waals surface area contributed by atoms with E-state index in [0.29, 0.717) is 6.42 Å². The van der Waals surface area contributed by atoms with Crippen LogP contribution in [0.5, 0.6) is 0 Å². The molecule has 34 heavy (non-hydrogen) atoms. The van der Waals surface area contributed by atoms with Crippen LogP contribution in [0.15, 0.2) is 42.1 Å². The number of para-hydroxylation sites is 1. The van der Waals surface area contributed by atoms with E-state index in [1.54, 1.807) is 21.0 Å². The fraction of sp³-hybridized carbons (Fsp3) is 0.500. The summed E-state index contributed by atoms with van der Waals surface area (Å²) in [6.45, 7) is 8.93. The molecule has 0 spiro atoms. The highest BCUT2D eigenvalue weighted by molar-refractivity contribution is 5.92. The van der Waals surface area contributed by atoms with Gasteiger partial charge in [-0.05, 0) is 44.4 Å². The van der Waals surface area contributed by atoms with Gasteiger partial charge in [-0.25, -0.2) is 4.79 Å². The SMILES string of the molecule is CNC(Cc1cn(C)c2ccccc12)C(=O)N[C@H](C(=O)N(C)C(C)C=C(C)C(=O)O)C(C)(C)C. The van der Waals surface area contributed by atoms with Crippen LogP contribution in [0.4, 0.5) is 0 Å². The number of carbonyl (C=O) groups excluding carboxylic acids is 2. The van der Waals surface area contributed by atoms with Gasteiger partial charge in [-0.1, -0.05) is 45.0 Å². The maximum absolute atomic E-state index is 13.4. The Morgan fingerprint density at radius 3 is 2.38 bits per heavy atom. The van der Waals surface area contributed by atoms with E-state index in [2.05, 4.69) is 10.6 Å². The second-order valence-corrected chi connectivity index (χ2v) is 9.98. The minimum absolute atomic E-state index is 0.161. The van der Waals surface area contributed by atoms with E-state index in [1.807, 2.05) is 62.8 Å². The minimum Gasteiger partial charge on any atom is -0.478 e. The molecule has 186 valence electrons. The van der Waals surface area contributed by atoms with Crippen molar-refractivity contribution in [2.24, 2.45) is 12.5 Å². The van der Waals surface area contributed by atoms with Crippen LogP contribution < -0.4 is 10.6 Å². The lowest BCUT2D eigenvalue weighted by atomic mass is 9.85. The minimum atomic E-state index is -1.03. The van der Waals surface area contributed by atoms with E-state index >= 15 is 0 Å². The van der Waals surface area contributed by atoms with Crippen molar-refractivity contribution in [3.05, 3.63) is 47.7 Å². The van der Waals surface area contributed by atoms with Crippen molar-refractivity contribution in [2.75, 3.05) is 14.1 Å². The molecule has 0 aliphatic heterocycles. The lowest BCUT2D eigenvalue weighted by Crippen LogP contribution is -2.58. The van der Waals surface area contributed by atoms with Gasteiger partial charge in [-0.15, -0.1) is 0 Å². The van der Waals surface area contributed by atoms with Gasteiger partial charge in [-0.3, -0.25) is 9.59 Å². The first-order chi connectivity index (χ1) is 15.8. The highest BCUT2D eigenvalue weighted by atomic mass is 16.4. The van der Waals surface area contributed by atoms with Crippen LogP contribution >= 0.6 is 0 Å². The molecule has 2 amide bonds. The smallest absolute Gasteiger partial charge is 0.331 e. The number of aliphatic carboxylic acids is 1. The van der Waals surface area contributed by atoms with Crippen LogP contribution in [0.25, 0.3) is 10.9 Å². The maximum Gasteiger partial charge on any atom is 0.331 e. The van der Waals surface area contributed by atoms with Crippen LogP contribution in [0.1, 0.15) is 40.2 Å². The summed E-state index contributed by atoms with van der Waals surface area (Å²) in [6, 6.07) is 6.29. The molecular formula is C26H38N4O4. The van der Waals surface area contributed by atoms with Crippen molar-refractivity contribution in [1.82, 2.24) is 20.1 Å². The predicted molar refractivity (Wildman–Crippen MR) is 134 cm³/mol. The number of nitrogens with one attached hydrogen (secondary N) is 2. The number of amides is 2. The predicted octanol–water partition coefficient (Wildman–Crippen LogP) is 2.72. The quantitative estimate of drug-likeness (QED) is 0.489. The van der Waals surface area contributed by atoms with Gasteiger partial charge in [0.25, 0.3) is 0 Å². The van der Waals surface area contributed by atoms with E-state index < -0.39 is 29.5 Å². The Bertz CT molecular complexity index is 1080. The zero-order chi connectivity index (χ0) is 25.8. The molecule has 0 saturated heterocycles. The molecule has 3 atom stereocenters. The first-order valence-electron chi connectivity index (χ1n) is 11.5. The monoisotopic (exact) mass is 470 g/mol. The van der Waals surface area contributed by atoms with Crippen LogP contribution in [0.2, 0.25) is 0 Å². The van der Waals surface area contributed by atoms with Crippen molar-refractivity contribution in [1.29, 1.82) is 0 Å². The van der Waals surface area contributed by atoms with Crippen molar-refractivity contribution in [3.63, 3.8) is 0 Å². The number of carboxylic acids is 1. The van der Waals surface area contributed by atoms with Gasteiger partial charge < -0.3 is 25.2 Å². The summed E-state index contributed by atoms with van der Waals surface area (Å²) in [5.74, 6) is -1.57. The van der Waals surface area contributed by atoms with Crippen LogP contribution in [0.3, 0.4) is 0 Å². The normalized spacial score (nSPS) is 15.0. The van der Waals surface area contributed by atoms with E-state index in [-0.39, 0.29) is 17.4 Å². The number of nitrogens with zero attached hydrogens (tertiary/aromatic N) is 2. The number of carboxylic acid groups (broad SMARTS) is 1. The summed E-state index contributed by atoms with van der Waals surface area (Å²) in [6.07, 6.45) is 4.03. The Morgan fingerprint density at radius 1 is 1.21 bits per heavy atom. The molecular weight excluding hydrogens is 432 g/mol. The molecule has 2 unspecified atom stereocenters. The third-order valence-corrected chi connectivity index (χ3v) is 6.26. The Labute approximate surface area is 202 Å². The van der Waals surface area contributed by atoms with E-state index in [4.69, 9.17) is 5.11 Å². The van der Waals surface area contributed by atoms with Gasteiger partial charge in [-0.2, -0.15) is 0 Å². The topological polar surface area (TPSA) is 104 Å². The molecule has 0 aliphatic rings. The molecule has 0 aliphatic carbocycles. The van der Waals surface area contributed by atoms with E-state index in [9.17, 15) is 14.4 Å². The molecule has 8 heteroatoms. The Balaban J connectivity index is 2.24. The zero-order valence-corrected chi connectivity index (χ0v) is 21.5. The number of aryl methyl sites for hydroxylation is 1. The fourth-order valence-corrected chi connectivity index (χ4v) is 3.97. The lowest BCUT2D eigenvalue weighted by Gasteiger charge is -2.36. The van der Waals surface area contributed by atoms with Gasteiger partial charge in [0.1, 0.15) is 6.04 Å². The highest BCUT2D eigenvalue weighted by Crippen LogP contribution is 2.24. The standard InChI is InChI=1S/C26H38N4O4/c1-16(25(33)34)13-17(2)30(8)24(32)22(26(3,4)5)28-23(31)20(27-6)14-18-15-29(7)21-12-10-9-11-19(18)21/h9-13,15,17,20,22,27H,14H2,1-8H3,(H,28,31)(H,33,34)/t17?,20?,22-/m1/s1. The van der Waals surface area contributed by atoms with Crippen LogP contribution in [-0.4, -0.2) is 64.6 Å². The second kappa shape index (κ2) is 10.9. The first kappa shape index (κ1) is 27.1. The van der Waals surface area contributed by atoms with Crippen LogP contribution in [-0.2, 0) is 27.9 Å². The molecule has 2 rings (SSSR count). The average Bonchev–Trinajstić information content (AvgIpc) is 3.09. The number of hydrogen-bond donors (Lipinski definition) is 3. The Hall–Kier alpha value is -3.13. The number of hydrogen-bond acceptors (Lipinski definition) is 4. The molecule has 1 heterocycles. The summed E-state index contributed by atoms with van der Waals surface area (Å²) in [4.78, 5) is 39.3. The number of aromatic nitrogens is 1. The third kappa shape index (κ3) is 6.26. The van der Waals surface area contributed by atoms with E-state index in [1.165, 1.54) is 17.9 Å². The van der Waals surface area contributed by atoms with Gasteiger partial charge >= 0.3 is 5.97 Å². The zero-order valence-electron chi connectivity index (χ0n) is 21.5. The van der Waals surface area contributed by atoms with E-state index in [0.717, 1.165) is 16.5 Å². The molecule has 0 radical (unpaired) electrons. The molecule has 0 saturated carbocycles. The summed E-state index contributed by atoms with van der Waals surface area (Å²) < 4.78 is 2.04. The van der Waals surface area contributed by atoms with Gasteiger partial charge in [0.05, 0.1) is 6.04 Å². The van der Waals surface area contributed by atoms with Crippen LogP contribution in [0, 0.1) is 5.41 Å². The highest BCUT2D eigenvalue weighted by Gasteiger charge is 2.37. The lowest BCUT2D eigenvalue weighted by molar-refractivity contribution is -0.139. The number of benzene rings is 1. The molecule has 3 N–H and O–H groups in total. The molecule has 2 aromatic rings. The average molecular weight is 471 g/mol. The number of likely N-dealkylation sites (N-methyl/N-ethyl adjacent to an activating group) is 2. The van der Waals surface area contributed by atoms with Crippen molar-refractivity contribution < 1.29 is 19.5 Å². The molecule has 1 aromatic carbocycles. The summed E-state index contributed by atoms with van der Waals surface area (Å²) >= 11 is 0. The molecule has 8 nitrogen and oxygen atoms in total. The number of fused-ring (bicyclic) bond motifs is 1. The van der Waals surface area contributed by atoms with Crippen molar-refractivity contribution in [2.45, 2.75) is 59.2 Å². The Kier molecular flexibility index (Phi) is 8.66. The Morgan fingerprint density at radius 2 is 1.82 bits per heavy atom. The molecule has 0 bridgehead atoms. The number of carbonyl (C=O) groups is 3. The summed E-state index contributed by atoms with van der Waals surface area (Å²) in [5, 5.41) is 16.3. The second-order valence-electron chi connectivity index (χ2n) is 9.98. The first-order valence-corrected chi connectivity index (χ1v) is 11.5. The van der Waals surface area contributed by atoms with Gasteiger partial charge in [0.2, 0.25) is 11.8 Å². The fourth-order valence-electron chi connectivity index (χ4n) is 3.97. The number of rotatable bonds is 9. The summed E-state index contributed by atoms with van der Waals surface area (Å²) in [7, 11) is 5.33. The molecule has 1 aromatic heterocycles. The van der Waals surface area contributed by atoms with Crippen molar-refractivity contribution in [3.8, 4) is 0 Å². The molecule has 0 fully saturated rings. The van der Waals surface area contributed by atoms with Gasteiger partial charge in [0.15, 0.2) is 0 Å². The largest absolute Gasteiger partial charge is 0.478 e. The van der Waals surface area contributed by atoms with Gasteiger partial charge in [0, 0.05) is 42.8 Å². The maximum atomic E-state index is 13.4. The summed E-state index contributed by atoms with van der Waals surface area (Å²) in [5.41, 5.74) is 1.75.